The van der Waals surface area contributed by atoms with Crippen LogP contribution < -0.4 is 4.31 Å². The number of halogens is 1. The summed E-state index contributed by atoms with van der Waals surface area (Å²) in [6.07, 6.45) is 0. The molecule has 0 aromatic heterocycles. The first kappa shape index (κ1) is 18.8. The number of benzene rings is 3. The fourth-order valence-corrected chi connectivity index (χ4v) is 4.16. The smallest absolute Gasteiger partial charge is 0.326 e. The van der Waals surface area contributed by atoms with Gasteiger partial charge in [0.25, 0.3) is 10.0 Å². The van der Waals surface area contributed by atoms with Gasteiger partial charge < -0.3 is 4.74 Å². The summed E-state index contributed by atoms with van der Waals surface area (Å²) in [6, 6.07) is 17.1. The van der Waals surface area contributed by atoms with E-state index in [1.807, 2.05) is 18.2 Å². The molecule has 0 heterocycles. The maximum absolute atomic E-state index is 13.7. The molecule has 0 aliphatic heterocycles. The van der Waals surface area contributed by atoms with Gasteiger partial charge >= 0.3 is 5.97 Å². The number of nitrogens with zero attached hydrogens (tertiary/aromatic N) is 1. The molecule has 5 nitrogen and oxygen atoms in total. The molecule has 140 valence electrons. The fourth-order valence-electron chi connectivity index (χ4n) is 2.73. The lowest BCUT2D eigenvalue weighted by Gasteiger charge is -2.23. The summed E-state index contributed by atoms with van der Waals surface area (Å²) >= 11 is 0. The van der Waals surface area contributed by atoms with E-state index in [4.69, 9.17) is 4.74 Å². The van der Waals surface area contributed by atoms with Gasteiger partial charge in [0, 0.05) is 0 Å². The Morgan fingerprint density at radius 3 is 2.44 bits per heavy atom. The van der Waals surface area contributed by atoms with Gasteiger partial charge in [0.15, 0.2) is 0 Å². The van der Waals surface area contributed by atoms with Gasteiger partial charge in [-0.25, -0.2) is 12.8 Å². The van der Waals surface area contributed by atoms with Gasteiger partial charge in [-0.3, -0.25) is 9.10 Å². The van der Waals surface area contributed by atoms with Crippen LogP contribution in [0.1, 0.15) is 6.92 Å². The van der Waals surface area contributed by atoms with E-state index in [0.29, 0.717) is 0 Å². The molecule has 3 aromatic rings. The molecule has 0 N–H and O–H groups in total. The van der Waals surface area contributed by atoms with E-state index in [1.54, 1.807) is 19.1 Å². The Kier molecular flexibility index (Phi) is 5.41. The molecule has 0 bridgehead atoms. The molecule has 0 spiro atoms. The van der Waals surface area contributed by atoms with E-state index < -0.39 is 28.4 Å². The van der Waals surface area contributed by atoms with Crippen molar-refractivity contribution in [3.63, 3.8) is 0 Å². The summed E-state index contributed by atoms with van der Waals surface area (Å²) in [6.45, 7) is 1.19. The Hall–Kier alpha value is -2.93. The Morgan fingerprint density at radius 1 is 1.00 bits per heavy atom. The molecule has 7 heteroatoms. The van der Waals surface area contributed by atoms with Gasteiger partial charge in [0.1, 0.15) is 12.4 Å². The van der Waals surface area contributed by atoms with Crippen LogP contribution in [-0.2, 0) is 19.6 Å². The average molecular weight is 387 g/mol. The Bertz CT molecular complexity index is 1080. The normalized spacial score (nSPS) is 11.3. The van der Waals surface area contributed by atoms with Gasteiger partial charge in [-0.2, -0.15) is 0 Å². The summed E-state index contributed by atoms with van der Waals surface area (Å²) < 4.78 is 45.9. The zero-order chi connectivity index (χ0) is 19.4. The molecule has 0 aliphatic carbocycles. The van der Waals surface area contributed by atoms with Crippen molar-refractivity contribution in [3.8, 4) is 0 Å². The van der Waals surface area contributed by atoms with Crippen LogP contribution in [-0.4, -0.2) is 27.5 Å². The SMILES string of the molecule is CCOC(=O)CN(c1cccc(F)c1)S(=O)(=O)c1ccc2ccccc2c1. The molecule has 0 saturated heterocycles. The summed E-state index contributed by atoms with van der Waals surface area (Å²) in [5, 5.41) is 1.63. The first-order chi connectivity index (χ1) is 12.9. The van der Waals surface area contributed by atoms with Gasteiger partial charge in [-0.05, 0) is 48.0 Å². The lowest BCUT2D eigenvalue weighted by molar-refractivity contribution is -0.141. The van der Waals surface area contributed by atoms with Gasteiger partial charge in [-0.1, -0.05) is 36.4 Å². The number of sulfonamides is 1. The maximum atomic E-state index is 13.7. The van der Waals surface area contributed by atoms with Crippen molar-refractivity contribution >= 4 is 32.5 Å². The summed E-state index contributed by atoms with van der Waals surface area (Å²) in [5.41, 5.74) is 0.0520. The Morgan fingerprint density at radius 2 is 1.74 bits per heavy atom. The van der Waals surface area contributed by atoms with Crippen molar-refractivity contribution in [2.45, 2.75) is 11.8 Å². The minimum atomic E-state index is -4.11. The van der Waals surface area contributed by atoms with Crippen molar-refractivity contribution in [2.24, 2.45) is 0 Å². The maximum Gasteiger partial charge on any atom is 0.326 e. The lowest BCUT2D eigenvalue weighted by Crippen LogP contribution is -2.36. The third-order valence-electron chi connectivity index (χ3n) is 3.98. The summed E-state index contributed by atoms with van der Waals surface area (Å²) in [4.78, 5) is 12.0. The number of hydrogen-bond acceptors (Lipinski definition) is 4. The highest BCUT2D eigenvalue weighted by molar-refractivity contribution is 7.92. The van der Waals surface area contributed by atoms with Crippen LogP contribution >= 0.6 is 0 Å². The first-order valence-corrected chi connectivity index (χ1v) is 9.78. The van der Waals surface area contributed by atoms with Crippen molar-refractivity contribution < 1.29 is 22.3 Å². The van der Waals surface area contributed by atoms with Gasteiger partial charge in [0.2, 0.25) is 0 Å². The minimum absolute atomic E-state index is 0.00904. The van der Waals surface area contributed by atoms with Crippen LogP contribution in [0.4, 0.5) is 10.1 Å². The molecule has 3 rings (SSSR count). The highest BCUT2D eigenvalue weighted by atomic mass is 32.2. The highest BCUT2D eigenvalue weighted by Gasteiger charge is 2.28. The average Bonchev–Trinajstić information content (AvgIpc) is 2.66. The standard InChI is InChI=1S/C20H18FNO4S/c1-2-26-20(23)14-22(18-9-5-8-17(21)13-18)27(24,25)19-11-10-15-6-3-4-7-16(15)12-19/h3-13H,2,14H2,1H3. The van der Waals surface area contributed by atoms with Crippen LogP contribution in [0.2, 0.25) is 0 Å². The number of fused-ring (bicyclic) bond motifs is 1. The van der Waals surface area contributed by atoms with Crippen LogP contribution in [0.15, 0.2) is 71.6 Å². The lowest BCUT2D eigenvalue weighted by atomic mass is 10.1. The van der Waals surface area contributed by atoms with E-state index in [0.717, 1.165) is 21.1 Å². The predicted octanol–water partition coefficient (Wildman–Crippen LogP) is 3.74. The van der Waals surface area contributed by atoms with E-state index in [2.05, 4.69) is 0 Å². The number of carbonyl (C=O) groups is 1. The quantitative estimate of drug-likeness (QED) is 0.605. The number of rotatable bonds is 6. The third-order valence-corrected chi connectivity index (χ3v) is 5.75. The van der Waals surface area contributed by atoms with Crippen molar-refractivity contribution in [2.75, 3.05) is 17.5 Å². The number of hydrogen-bond donors (Lipinski definition) is 0. The number of esters is 1. The number of carbonyl (C=O) groups excluding carboxylic acids is 1. The second-order valence-electron chi connectivity index (χ2n) is 5.81. The molecule has 27 heavy (non-hydrogen) atoms. The fraction of sp³-hybridized carbons (Fsp3) is 0.150. The molecule has 0 unspecified atom stereocenters. The Balaban J connectivity index is 2.08. The second-order valence-corrected chi connectivity index (χ2v) is 7.67. The first-order valence-electron chi connectivity index (χ1n) is 8.34. The van der Waals surface area contributed by atoms with E-state index in [9.17, 15) is 17.6 Å². The minimum Gasteiger partial charge on any atom is -0.465 e. The predicted molar refractivity (Wildman–Crippen MR) is 102 cm³/mol. The number of anilines is 1. The van der Waals surface area contributed by atoms with Crippen molar-refractivity contribution in [3.05, 3.63) is 72.5 Å². The molecule has 0 saturated carbocycles. The molecular weight excluding hydrogens is 369 g/mol. The van der Waals surface area contributed by atoms with Crippen LogP contribution in [0.25, 0.3) is 10.8 Å². The zero-order valence-corrected chi connectivity index (χ0v) is 15.4. The van der Waals surface area contributed by atoms with Gasteiger partial charge in [0.05, 0.1) is 17.2 Å². The highest BCUT2D eigenvalue weighted by Crippen LogP contribution is 2.26. The second kappa shape index (κ2) is 7.75. The molecule has 0 aliphatic rings. The van der Waals surface area contributed by atoms with Crippen molar-refractivity contribution in [1.29, 1.82) is 0 Å². The van der Waals surface area contributed by atoms with Crippen LogP contribution in [0.5, 0.6) is 0 Å². The monoisotopic (exact) mass is 387 g/mol. The molecule has 3 aromatic carbocycles. The molecule has 0 radical (unpaired) electrons. The van der Waals surface area contributed by atoms with E-state index in [-0.39, 0.29) is 17.2 Å². The van der Waals surface area contributed by atoms with E-state index in [1.165, 1.54) is 30.3 Å². The van der Waals surface area contributed by atoms with Crippen LogP contribution in [0.3, 0.4) is 0 Å². The summed E-state index contributed by atoms with van der Waals surface area (Å²) in [5.74, 6) is -1.32. The van der Waals surface area contributed by atoms with E-state index >= 15 is 0 Å². The topological polar surface area (TPSA) is 63.7 Å². The van der Waals surface area contributed by atoms with Gasteiger partial charge in [-0.15, -0.1) is 0 Å². The number of ether oxygens (including phenoxy) is 1. The van der Waals surface area contributed by atoms with Crippen molar-refractivity contribution in [1.82, 2.24) is 0 Å². The summed E-state index contributed by atoms with van der Waals surface area (Å²) in [7, 11) is -4.11. The molecule has 0 fully saturated rings. The zero-order valence-electron chi connectivity index (χ0n) is 14.6. The Labute approximate surface area is 157 Å². The largest absolute Gasteiger partial charge is 0.465 e. The van der Waals surface area contributed by atoms with Crippen LogP contribution in [0, 0.1) is 5.82 Å². The molecule has 0 atom stereocenters. The molecule has 0 amide bonds. The third kappa shape index (κ3) is 4.09. The molecular formula is C20H18FNO4S.